The van der Waals surface area contributed by atoms with E-state index in [0.717, 1.165) is 42.8 Å². The Labute approximate surface area is 119 Å². The van der Waals surface area contributed by atoms with Gasteiger partial charge < -0.3 is 9.30 Å². The number of amides is 1. The fourth-order valence-electron chi connectivity index (χ4n) is 2.87. The molecule has 106 valence electrons. The second kappa shape index (κ2) is 5.65. The molecule has 2 aromatic rings. The summed E-state index contributed by atoms with van der Waals surface area (Å²) in [5.74, 6) is 0.148. The fraction of sp³-hybridized carbons (Fsp3) is 0.500. The Morgan fingerprint density at radius 2 is 1.85 bits per heavy atom. The largest absolute Gasteiger partial charge is 0.339 e. The molecule has 1 saturated heterocycles. The minimum atomic E-state index is 0.148. The molecule has 0 atom stereocenters. The van der Waals surface area contributed by atoms with Crippen molar-refractivity contribution >= 4 is 11.6 Å². The smallest absolute Gasteiger partial charge is 0.254 e. The molecule has 3 rings (SSSR count). The molecule has 0 spiro atoms. The Balaban J connectivity index is 1.83. The molecule has 0 N–H and O–H groups in total. The predicted octanol–water partition coefficient (Wildman–Crippen LogP) is 3.05. The Morgan fingerprint density at radius 1 is 1.15 bits per heavy atom. The maximum absolute atomic E-state index is 12.6. The summed E-state index contributed by atoms with van der Waals surface area (Å²) in [5.41, 5.74) is 2.69. The third-order valence-electron chi connectivity index (χ3n) is 4.09. The number of hydrogen-bond acceptors (Lipinski definition) is 2. The minimum absolute atomic E-state index is 0.148. The standard InChI is InChI=1S/C16H21N3O/c1-13-12-17-15-11-14(7-10-19(13)15)16(20)18-8-5-3-2-4-6-9-18/h7,10-12H,2-6,8-9H2,1H3. The number of fused-ring (bicyclic) bond motifs is 1. The lowest BCUT2D eigenvalue weighted by molar-refractivity contribution is 0.0742. The van der Waals surface area contributed by atoms with E-state index in [-0.39, 0.29) is 5.91 Å². The Kier molecular flexibility index (Phi) is 3.72. The third kappa shape index (κ3) is 2.55. The summed E-state index contributed by atoms with van der Waals surface area (Å²) in [7, 11) is 0. The molecule has 1 aliphatic heterocycles. The third-order valence-corrected chi connectivity index (χ3v) is 4.09. The van der Waals surface area contributed by atoms with E-state index in [1.165, 1.54) is 19.3 Å². The molecular formula is C16H21N3O. The van der Waals surface area contributed by atoms with Gasteiger partial charge in [0.2, 0.25) is 0 Å². The highest BCUT2D eigenvalue weighted by atomic mass is 16.2. The number of nitrogens with zero attached hydrogens (tertiary/aromatic N) is 3. The summed E-state index contributed by atoms with van der Waals surface area (Å²) in [6.07, 6.45) is 9.80. The SMILES string of the molecule is Cc1cnc2cc(C(=O)N3CCCCCCC3)ccn12. The van der Waals surface area contributed by atoms with Crippen LogP contribution in [0.3, 0.4) is 0 Å². The van der Waals surface area contributed by atoms with Crippen LogP contribution in [0.2, 0.25) is 0 Å². The predicted molar refractivity (Wildman–Crippen MR) is 78.9 cm³/mol. The van der Waals surface area contributed by atoms with E-state index in [4.69, 9.17) is 0 Å². The number of likely N-dealkylation sites (tertiary alicyclic amines) is 1. The fourth-order valence-corrected chi connectivity index (χ4v) is 2.87. The van der Waals surface area contributed by atoms with Gasteiger partial charge in [0.25, 0.3) is 5.91 Å². The van der Waals surface area contributed by atoms with Crippen molar-refractivity contribution in [2.45, 2.75) is 39.0 Å². The molecule has 1 amide bonds. The van der Waals surface area contributed by atoms with Crippen molar-refractivity contribution in [1.29, 1.82) is 0 Å². The number of pyridine rings is 1. The zero-order chi connectivity index (χ0) is 13.9. The summed E-state index contributed by atoms with van der Waals surface area (Å²) >= 11 is 0. The van der Waals surface area contributed by atoms with Crippen molar-refractivity contribution in [3.8, 4) is 0 Å². The van der Waals surface area contributed by atoms with Crippen LogP contribution < -0.4 is 0 Å². The lowest BCUT2D eigenvalue weighted by atomic mass is 10.1. The highest BCUT2D eigenvalue weighted by Crippen LogP contribution is 2.15. The summed E-state index contributed by atoms with van der Waals surface area (Å²) in [4.78, 5) is 18.9. The van der Waals surface area contributed by atoms with Gasteiger partial charge in [-0.05, 0) is 31.9 Å². The van der Waals surface area contributed by atoms with Gasteiger partial charge in [0, 0.05) is 36.7 Å². The number of imidazole rings is 1. The molecule has 4 heteroatoms. The first-order chi connectivity index (χ1) is 9.75. The van der Waals surface area contributed by atoms with Crippen molar-refractivity contribution in [3.05, 3.63) is 35.8 Å². The average Bonchev–Trinajstić information content (AvgIpc) is 2.79. The van der Waals surface area contributed by atoms with Gasteiger partial charge in [0.05, 0.1) is 0 Å². The Morgan fingerprint density at radius 3 is 2.60 bits per heavy atom. The summed E-state index contributed by atoms with van der Waals surface area (Å²) in [6, 6.07) is 3.80. The van der Waals surface area contributed by atoms with E-state index >= 15 is 0 Å². The molecule has 4 nitrogen and oxygen atoms in total. The minimum Gasteiger partial charge on any atom is -0.339 e. The zero-order valence-corrected chi connectivity index (χ0v) is 12.0. The summed E-state index contributed by atoms with van der Waals surface area (Å²) in [5, 5.41) is 0. The van der Waals surface area contributed by atoms with E-state index in [1.54, 1.807) is 0 Å². The van der Waals surface area contributed by atoms with Gasteiger partial charge in [-0.1, -0.05) is 19.3 Å². The van der Waals surface area contributed by atoms with Gasteiger partial charge >= 0.3 is 0 Å². The maximum Gasteiger partial charge on any atom is 0.254 e. The summed E-state index contributed by atoms with van der Waals surface area (Å²) in [6.45, 7) is 3.79. The van der Waals surface area contributed by atoms with E-state index in [1.807, 2.05) is 40.8 Å². The highest BCUT2D eigenvalue weighted by molar-refractivity contribution is 5.95. The van der Waals surface area contributed by atoms with Crippen molar-refractivity contribution in [2.75, 3.05) is 13.1 Å². The number of aryl methyl sites for hydroxylation is 1. The summed E-state index contributed by atoms with van der Waals surface area (Å²) < 4.78 is 2.00. The lowest BCUT2D eigenvalue weighted by Gasteiger charge is -2.24. The molecular weight excluding hydrogens is 250 g/mol. The zero-order valence-electron chi connectivity index (χ0n) is 12.0. The van der Waals surface area contributed by atoms with Gasteiger partial charge in [-0.2, -0.15) is 0 Å². The first kappa shape index (κ1) is 13.2. The number of carbonyl (C=O) groups is 1. The molecule has 3 heterocycles. The number of hydrogen-bond donors (Lipinski definition) is 0. The molecule has 0 aromatic carbocycles. The Bertz CT molecular complexity index is 609. The quantitative estimate of drug-likeness (QED) is 0.799. The molecule has 20 heavy (non-hydrogen) atoms. The number of rotatable bonds is 1. The number of aromatic nitrogens is 2. The van der Waals surface area contributed by atoms with Crippen LogP contribution in [0.5, 0.6) is 0 Å². The molecule has 0 bridgehead atoms. The molecule has 0 saturated carbocycles. The van der Waals surface area contributed by atoms with Crippen LogP contribution in [-0.4, -0.2) is 33.3 Å². The van der Waals surface area contributed by atoms with Crippen molar-refractivity contribution in [2.24, 2.45) is 0 Å². The molecule has 1 fully saturated rings. The first-order valence-electron chi connectivity index (χ1n) is 7.49. The van der Waals surface area contributed by atoms with Crippen LogP contribution in [0.1, 0.15) is 48.2 Å². The number of carbonyl (C=O) groups excluding carboxylic acids is 1. The Hall–Kier alpha value is -1.84. The van der Waals surface area contributed by atoms with Crippen LogP contribution in [0.25, 0.3) is 5.65 Å². The van der Waals surface area contributed by atoms with Gasteiger partial charge in [0.15, 0.2) is 0 Å². The first-order valence-corrected chi connectivity index (χ1v) is 7.49. The maximum atomic E-state index is 12.6. The van der Waals surface area contributed by atoms with Gasteiger partial charge in [-0.25, -0.2) is 4.98 Å². The molecule has 0 radical (unpaired) electrons. The molecule has 2 aromatic heterocycles. The lowest BCUT2D eigenvalue weighted by Crippen LogP contribution is -2.33. The van der Waals surface area contributed by atoms with Gasteiger partial charge in [-0.15, -0.1) is 0 Å². The van der Waals surface area contributed by atoms with E-state index in [9.17, 15) is 4.79 Å². The monoisotopic (exact) mass is 271 g/mol. The van der Waals surface area contributed by atoms with Crippen LogP contribution in [0.4, 0.5) is 0 Å². The van der Waals surface area contributed by atoms with Crippen LogP contribution in [-0.2, 0) is 0 Å². The topological polar surface area (TPSA) is 37.6 Å². The average molecular weight is 271 g/mol. The van der Waals surface area contributed by atoms with E-state index in [0.29, 0.717) is 0 Å². The highest BCUT2D eigenvalue weighted by Gasteiger charge is 2.17. The van der Waals surface area contributed by atoms with Crippen molar-refractivity contribution in [1.82, 2.24) is 14.3 Å². The molecule has 0 unspecified atom stereocenters. The van der Waals surface area contributed by atoms with Crippen molar-refractivity contribution in [3.63, 3.8) is 0 Å². The van der Waals surface area contributed by atoms with E-state index in [2.05, 4.69) is 4.98 Å². The van der Waals surface area contributed by atoms with Crippen LogP contribution >= 0.6 is 0 Å². The van der Waals surface area contributed by atoms with Gasteiger partial charge in [0.1, 0.15) is 5.65 Å². The second-order valence-electron chi connectivity index (χ2n) is 5.60. The van der Waals surface area contributed by atoms with Gasteiger partial charge in [-0.3, -0.25) is 4.79 Å². The van der Waals surface area contributed by atoms with Crippen LogP contribution in [0.15, 0.2) is 24.5 Å². The van der Waals surface area contributed by atoms with Crippen LogP contribution in [0, 0.1) is 6.92 Å². The molecule has 0 aliphatic carbocycles. The molecule has 1 aliphatic rings. The van der Waals surface area contributed by atoms with Crippen molar-refractivity contribution < 1.29 is 4.79 Å². The van der Waals surface area contributed by atoms with E-state index < -0.39 is 0 Å². The normalized spacial score (nSPS) is 16.9. The second-order valence-corrected chi connectivity index (χ2v) is 5.60.